The van der Waals surface area contributed by atoms with Crippen molar-refractivity contribution >= 4 is 17.5 Å². The summed E-state index contributed by atoms with van der Waals surface area (Å²) >= 11 is 0. The predicted molar refractivity (Wildman–Crippen MR) is 112 cm³/mol. The molecule has 7 heteroatoms. The molecule has 4 aliphatic carbocycles. The molecule has 1 aromatic heterocycles. The number of morpholine rings is 1. The summed E-state index contributed by atoms with van der Waals surface area (Å²) in [6.45, 7) is 4.49. The minimum atomic E-state index is 0.227. The molecule has 29 heavy (non-hydrogen) atoms. The van der Waals surface area contributed by atoms with E-state index >= 15 is 0 Å². The van der Waals surface area contributed by atoms with Gasteiger partial charge >= 0.3 is 0 Å². The maximum Gasteiger partial charge on any atom is 0.220 e. The van der Waals surface area contributed by atoms with Gasteiger partial charge in [-0.25, -0.2) is 9.97 Å². The number of hydrogen-bond donors (Lipinski definition) is 2. The van der Waals surface area contributed by atoms with Gasteiger partial charge in [0.25, 0.3) is 0 Å². The van der Waals surface area contributed by atoms with E-state index in [4.69, 9.17) is 4.74 Å². The summed E-state index contributed by atoms with van der Waals surface area (Å²) in [4.78, 5) is 23.5. The number of carbonyl (C=O) groups is 1. The molecule has 4 bridgehead atoms. The lowest BCUT2D eigenvalue weighted by molar-refractivity contribution is -0.129. The van der Waals surface area contributed by atoms with Crippen molar-refractivity contribution in [2.75, 3.05) is 49.6 Å². The smallest absolute Gasteiger partial charge is 0.220 e. The van der Waals surface area contributed by atoms with Crippen LogP contribution < -0.4 is 15.5 Å². The highest BCUT2D eigenvalue weighted by molar-refractivity contribution is 5.76. The van der Waals surface area contributed by atoms with Crippen LogP contribution in [0.5, 0.6) is 0 Å². The number of hydrogen-bond acceptors (Lipinski definition) is 6. The Balaban J connectivity index is 1.07. The molecule has 0 aromatic carbocycles. The maximum absolute atomic E-state index is 12.6. The van der Waals surface area contributed by atoms with E-state index < -0.39 is 0 Å². The second kappa shape index (κ2) is 8.09. The Morgan fingerprint density at radius 2 is 1.76 bits per heavy atom. The predicted octanol–water partition coefficient (Wildman–Crippen LogP) is 2.45. The number of nitrogens with zero attached hydrogens (tertiary/aromatic N) is 3. The summed E-state index contributed by atoms with van der Waals surface area (Å²) in [6.07, 6.45) is 10.5. The average Bonchev–Trinajstić information content (AvgIpc) is 2.71. The van der Waals surface area contributed by atoms with E-state index in [0.29, 0.717) is 18.5 Å². The largest absolute Gasteiger partial charge is 0.378 e. The van der Waals surface area contributed by atoms with E-state index in [1.165, 1.54) is 38.5 Å². The number of anilines is 2. The highest BCUT2D eigenvalue weighted by Gasteiger charge is 2.51. The molecule has 0 radical (unpaired) electrons. The second-order valence-corrected chi connectivity index (χ2v) is 9.73. The molecule has 2 heterocycles. The zero-order chi connectivity index (χ0) is 19.7. The first-order valence-electron chi connectivity index (χ1n) is 11.3. The first-order valence-corrected chi connectivity index (χ1v) is 11.3. The van der Waals surface area contributed by atoms with Crippen LogP contribution in [0.25, 0.3) is 0 Å². The van der Waals surface area contributed by atoms with Gasteiger partial charge in [0.15, 0.2) is 0 Å². The van der Waals surface area contributed by atoms with E-state index in [1.807, 2.05) is 6.07 Å². The summed E-state index contributed by atoms with van der Waals surface area (Å²) in [5.74, 6) is 4.65. The Kier molecular flexibility index (Phi) is 5.33. The molecular formula is C22H33N5O2. The number of amides is 1. The van der Waals surface area contributed by atoms with Crippen LogP contribution in [0.2, 0.25) is 0 Å². The fourth-order valence-corrected chi connectivity index (χ4v) is 6.71. The van der Waals surface area contributed by atoms with Crippen molar-refractivity contribution in [3.8, 4) is 0 Å². The zero-order valence-corrected chi connectivity index (χ0v) is 17.2. The van der Waals surface area contributed by atoms with Gasteiger partial charge in [-0.2, -0.15) is 0 Å². The van der Waals surface area contributed by atoms with Crippen LogP contribution in [-0.2, 0) is 9.53 Å². The Bertz CT molecular complexity index is 698. The topological polar surface area (TPSA) is 79.4 Å². The molecule has 1 amide bonds. The summed E-state index contributed by atoms with van der Waals surface area (Å²) in [6, 6.07) is 1.97. The lowest BCUT2D eigenvalue weighted by Crippen LogP contribution is -2.48. The van der Waals surface area contributed by atoms with Gasteiger partial charge < -0.3 is 20.3 Å². The van der Waals surface area contributed by atoms with Gasteiger partial charge in [-0.3, -0.25) is 4.79 Å². The first kappa shape index (κ1) is 19.1. The summed E-state index contributed by atoms with van der Waals surface area (Å²) < 4.78 is 5.40. The van der Waals surface area contributed by atoms with Crippen molar-refractivity contribution in [2.45, 2.75) is 44.9 Å². The van der Waals surface area contributed by atoms with Crippen molar-refractivity contribution in [1.82, 2.24) is 15.3 Å². The minimum absolute atomic E-state index is 0.227. The van der Waals surface area contributed by atoms with Crippen LogP contribution in [0.15, 0.2) is 12.4 Å². The number of nitrogens with one attached hydrogen (secondary N) is 2. The molecule has 1 aliphatic heterocycles. The molecule has 1 aromatic rings. The van der Waals surface area contributed by atoms with E-state index in [0.717, 1.165) is 62.1 Å². The summed E-state index contributed by atoms with van der Waals surface area (Å²) in [5.41, 5.74) is 0.311. The number of ether oxygens (including phenoxy) is 1. The van der Waals surface area contributed by atoms with Crippen molar-refractivity contribution in [2.24, 2.45) is 23.2 Å². The van der Waals surface area contributed by atoms with Gasteiger partial charge in [0, 0.05) is 38.7 Å². The fourth-order valence-electron chi connectivity index (χ4n) is 6.71. The Morgan fingerprint density at radius 3 is 2.45 bits per heavy atom. The summed E-state index contributed by atoms with van der Waals surface area (Å²) in [5, 5.41) is 6.45. The zero-order valence-electron chi connectivity index (χ0n) is 17.2. The molecule has 1 saturated heterocycles. The van der Waals surface area contributed by atoms with Gasteiger partial charge in [-0.05, 0) is 61.7 Å². The van der Waals surface area contributed by atoms with Gasteiger partial charge in [0.2, 0.25) is 5.91 Å². The average molecular weight is 400 g/mol. The van der Waals surface area contributed by atoms with Crippen LogP contribution in [0.3, 0.4) is 0 Å². The van der Waals surface area contributed by atoms with Crippen LogP contribution in [0, 0.1) is 23.2 Å². The molecule has 158 valence electrons. The molecule has 0 atom stereocenters. The van der Waals surface area contributed by atoms with Crippen LogP contribution >= 0.6 is 0 Å². The molecule has 5 fully saturated rings. The fraction of sp³-hybridized carbons (Fsp3) is 0.773. The Hall–Kier alpha value is -1.89. The van der Waals surface area contributed by atoms with Crippen LogP contribution in [-0.4, -0.2) is 55.3 Å². The standard InChI is InChI=1S/C22H33N5O2/c28-21(14-22-11-16-7-17(12-22)9-18(8-16)13-22)24-2-1-23-19-10-20(26-15-25-19)27-3-5-29-6-4-27/h10,15-18H,1-9,11-14H2,(H,24,28)(H,23,25,26). The number of carbonyl (C=O) groups excluding carboxylic acids is 1. The highest BCUT2D eigenvalue weighted by atomic mass is 16.5. The Morgan fingerprint density at radius 1 is 1.07 bits per heavy atom. The molecule has 4 saturated carbocycles. The van der Waals surface area contributed by atoms with Crippen molar-refractivity contribution in [3.63, 3.8) is 0 Å². The van der Waals surface area contributed by atoms with Crippen molar-refractivity contribution in [1.29, 1.82) is 0 Å². The molecule has 0 spiro atoms. The number of aromatic nitrogens is 2. The van der Waals surface area contributed by atoms with Gasteiger partial charge in [-0.1, -0.05) is 0 Å². The molecule has 7 nitrogen and oxygen atoms in total. The lowest BCUT2D eigenvalue weighted by Gasteiger charge is -2.56. The SMILES string of the molecule is O=C(CC12CC3CC(CC(C3)C1)C2)NCCNc1cc(N2CCOCC2)ncn1. The quantitative estimate of drug-likeness (QED) is 0.686. The van der Waals surface area contributed by atoms with Crippen molar-refractivity contribution < 1.29 is 9.53 Å². The monoisotopic (exact) mass is 399 g/mol. The van der Waals surface area contributed by atoms with Crippen LogP contribution in [0.4, 0.5) is 11.6 Å². The van der Waals surface area contributed by atoms with E-state index in [9.17, 15) is 4.79 Å². The van der Waals surface area contributed by atoms with E-state index in [2.05, 4.69) is 25.5 Å². The van der Waals surface area contributed by atoms with Crippen molar-refractivity contribution in [3.05, 3.63) is 12.4 Å². The lowest BCUT2D eigenvalue weighted by atomic mass is 9.49. The van der Waals surface area contributed by atoms with E-state index in [-0.39, 0.29) is 5.91 Å². The highest BCUT2D eigenvalue weighted by Crippen LogP contribution is 2.61. The molecule has 5 aliphatic rings. The third-order valence-corrected chi connectivity index (χ3v) is 7.44. The molecular weight excluding hydrogens is 366 g/mol. The van der Waals surface area contributed by atoms with Gasteiger partial charge in [0.1, 0.15) is 18.0 Å². The third-order valence-electron chi connectivity index (χ3n) is 7.44. The normalized spacial score (nSPS) is 33.0. The van der Waals surface area contributed by atoms with Crippen LogP contribution in [0.1, 0.15) is 44.9 Å². The molecule has 6 rings (SSSR count). The summed E-state index contributed by atoms with van der Waals surface area (Å²) in [7, 11) is 0. The molecule has 2 N–H and O–H groups in total. The Labute approximate surface area is 173 Å². The van der Waals surface area contributed by atoms with Gasteiger partial charge in [-0.15, -0.1) is 0 Å². The maximum atomic E-state index is 12.6. The minimum Gasteiger partial charge on any atom is -0.378 e. The number of rotatable bonds is 7. The third kappa shape index (κ3) is 4.34. The van der Waals surface area contributed by atoms with Gasteiger partial charge in [0.05, 0.1) is 13.2 Å². The van der Waals surface area contributed by atoms with E-state index in [1.54, 1.807) is 6.33 Å². The molecule has 0 unspecified atom stereocenters. The first-order chi connectivity index (χ1) is 14.2. The second-order valence-electron chi connectivity index (χ2n) is 9.73.